The summed E-state index contributed by atoms with van der Waals surface area (Å²) in [6, 6.07) is 44.4. The molecule has 0 fully saturated rings. The lowest BCUT2D eigenvalue weighted by Crippen LogP contribution is -2.29. The van der Waals surface area contributed by atoms with E-state index in [0.29, 0.717) is 5.46 Å². The molecule has 6 rings (SSSR count). The molecule has 0 aliphatic heterocycles. The van der Waals surface area contributed by atoms with Crippen molar-refractivity contribution in [1.82, 2.24) is 0 Å². The third-order valence-corrected chi connectivity index (χ3v) is 8.31. The van der Waals surface area contributed by atoms with Crippen LogP contribution in [0.25, 0.3) is 32.7 Å². The van der Waals surface area contributed by atoms with Crippen LogP contribution < -0.4 is 5.46 Å². The van der Waals surface area contributed by atoms with Gasteiger partial charge in [0.1, 0.15) is 0 Å². The average molecular weight is 833 g/mol. The van der Waals surface area contributed by atoms with Gasteiger partial charge in [-0.1, -0.05) is 148 Å². The first-order chi connectivity index (χ1) is 19.4. The standard InChI is InChI=1S/C16H11Br.C10H6Br2.C6H7BO2.CH3I/c17-16-11-14-9-5-4-8-13(14)10-15(16)12-6-2-1-3-7-12;11-9-5-7-3-1-2-4-8(7)6-10(9)12;8-7(9)6-4-2-1-3-5-6;1-2/h1-11H;1-6H;1-5,8-9H;1H3. The number of halogens is 4. The van der Waals surface area contributed by atoms with Crippen molar-refractivity contribution in [2.24, 2.45) is 0 Å². The summed E-state index contributed by atoms with van der Waals surface area (Å²) in [5.74, 6) is 0. The lowest BCUT2D eigenvalue weighted by molar-refractivity contribution is 0.426. The van der Waals surface area contributed by atoms with E-state index in [1.807, 2.05) is 29.2 Å². The number of benzene rings is 6. The first kappa shape index (κ1) is 32.5. The van der Waals surface area contributed by atoms with Gasteiger partial charge < -0.3 is 10.0 Å². The topological polar surface area (TPSA) is 40.5 Å². The van der Waals surface area contributed by atoms with Gasteiger partial charge in [0.25, 0.3) is 0 Å². The fourth-order valence-corrected chi connectivity index (χ4v) is 5.17. The van der Waals surface area contributed by atoms with Crippen LogP contribution in [0.3, 0.4) is 0 Å². The van der Waals surface area contributed by atoms with Gasteiger partial charge in [0, 0.05) is 13.4 Å². The Morgan fingerprint density at radius 3 is 1.23 bits per heavy atom. The Hall–Kier alpha value is -2.01. The second-order valence-electron chi connectivity index (χ2n) is 8.44. The van der Waals surface area contributed by atoms with Gasteiger partial charge in [-0.15, -0.1) is 0 Å². The van der Waals surface area contributed by atoms with Crippen LogP contribution in [0.15, 0.2) is 147 Å². The van der Waals surface area contributed by atoms with Gasteiger partial charge in [-0.25, -0.2) is 0 Å². The first-order valence-electron chi connectivity index (χ1n) is 12.3. The van der Waals surface area contributed by atoms with E-state index in [9.17, 15) is 0 Å². The number of hydrogen-bond acceptors (Lipinski definition) is 2. The monoisotopic (exact) mass is 830 g/mol. The summed E-state index contributed by atoms with van der Waals surface area (Å²) in [5, 5.41) is 22.2. The van der Waals surface area contributed by atoms with Crippen molar-refractivity contribution in [3.63, 3.8) is 0 Å². The fourth-order valence-electron chi connectivity index (χ4n) is 3.86. The summed E-state index contributed by atoms with van der Waals surface area (Å²) in [4.78, 5) is 1.97. The first-order valence-corrected chi connectivity index (χ1v) is 16.8. The highest BCUT2D eigenvalue weighted by molar-refractivity contribution is 14.1. The normalized spacial score (nSPS) is 9.88. The molecule has 0 atom stereocenters. The molecular formula is C33H27BBr3IO2. The Kier molecular flexibility index (Phi) is 13.9. The van der Waals surface area contributed by atoms with Gasteiger partial charge in [-0.05, 0) is 99.2 Å². The highest BCUT2D eigenvalue weighted by atomic mass is 127. The van der Waals surface area contributed by atoms with Crippen molar-refractivity contribution >= 4 is 105 Å². The number of alkyl halides is 1. The molecule has 0 aromatic heterocycles. The van der Waals surface area contributed by atoms with Crippen molar-refractivity contribution in [2.75, 3.05) is 4.93 Å². The van der Waals surface area contributed by atoms with Gasteiger partial charge in [-0.2, -0.15) is 0 Å². The van der Waals surface area contributed by atoms with Crippen molar-refractivity contribution in [2.45, 2.75) is 0 Å². The molecule has 2 N–H and O–H groups in total. The molecule has 0 aliphatic rings. The zero-order chi connectivity index (χ0) is 28.9. The predicted molar refractivity (Wildman–Crippen MR) is 193 cm³/mol. The minimum Gasteiger partial charge on any atom is -0.423 e. The summed E-state index contributed by atoms with van der Waals surface area (Å²) >= 11 is 12.7. The summed E-state index contributed by atoms with van der Waals surface area (Å²) in [6.07, 6.45) is 0. The third kappa shape index (κ3) is 9.53. The van der Waals surface area contributed by atoms with E-state index >= 15 is 0 Å². The number of fused-ring (bicyclic) bond motifs is 2. The second-order valence-corrected chi connectivity index (χ2v) is 11.0. The maximum absolute atomic E-state index is 8.58. The largest absolute Gasteiger partial charge is 0.488 e. The molecule has 6 aromatic rings. The summed E-state index contributed by atoms with van der Waals surface area (Å²) in [7, 11) is -1.34. The van der Waals surface area contributed by atoms with Crippen molar-refractivity contribution in [1.29, 1.82) is 0 Å². The molecule has 0 saturated heterocycles. The van der Waals surface area contributed by atoms with Crippen LogP contribution >= 0.6 is 70.4 Å². The van der Waals surface area contributed by atoms with E-state index in [0.717, 1.165) is 13.4 Å². The maximum atomic E-state index is 8.58. The van der Waals surface area contributed by atoms with Crippen LogP contribution in [-0.4, -0.2) is 22.1 Å². The Morgan fingerprint density at radius 1 is 0.475 bits per heavy atom. The Morgan fingerprint density at radius 2 is 0.825 bits per heavy atom. The smallest absolute Gasteiger partial charge is 0.423 e. The minimum absolute atomic E-state index is 0.525. The molecule has 7 heteroatoms. The van der Waals surface area contributed by atoms with Crippen LogP contribution in [0, 0.1) is 0 Å². The molecule has 0 radical (unpaired) electrons. The number of rotatable bonds is 2. The van der Waals surface area contributed by atoms with Gasteiger partial charge in [0.15, 0.2) is 0 Å². The Bertz CT molecular complexity index is 1590. The molecule has 0 bridgehead atoms. The molecule has 202 valence electrons. The summed E-state index contributed by atoms with van der Waals surface area (Å²) in [5.41, 5.74) is 3.01. The molecule has 0 heterocycles. The zero-order valence-electron chi connectivity index (χ0n) is 21.7. The van der Waals surface area contributed by atoms with E-state index in [1.165, 1.54) is 32.7 Å². The van der Waals surface area contributed by atoms with E-state index < -0.39 is 7.12 Å². The summed E-state index contributed by atoms with van der Waals surface area (Å²) in [6.45, 7) is 0. The van der Waals surface area contributed by atoms with Crippen LogP contribution in [-0.2, 0) is 0 Å². The van der Waals surface area contributed by atoms with E-state index in [4.69, 9.17) is 10.0 Å². The molecular weight excluding hydrogens is 806 g/mol. The van der Waals surface area contributed by atoms with Crippen molar-refractivity contribution in [3.05, 3.63) is 147 Å². The fraction of sp³-hybridized carbons (Fsp3) is 0.0303. The lowest BCUT2D eigenvalue weighted by Gasteiger charge is -2.07. The molecule has 2 nitrogen and oxygen atoms in total. The van der Waals surface area contributed by atoms with E-state index in [-0.39, 0.29) is 0 Å². The van der Waals surface area contributed by atoms with Crippen LogP contribution in [0.2, 0.25) is 0 Å². The Balaban J connectivity index is 0.000000169. The van der Waals surface area contributed by atoms with Crippen LogP contribution in [0.5, 0.6) is 0 Å². The predicted octanol–water partition coefficient (Wildman–Crippen LogP) is 10.1. The second kappa shape index (κ2) is 17.1. The molecule has 0 amide bonds. The van der Waals surface area contributed by atoms with E-state index in [1.54, 1.807) is 24.3 Å². The zero-order valence-corrected chi connectivity index (χ0v) is 28.6. The highest BCUT2D eigenvalue weighted by Gasteiger charge is 2.07. The van der Waals surface area contributed by atoms with Crippen molar-refractivity contribution in [3.8, 4) is 11.1 Å². The molecule has 0 aliphatic carbocycles. The van der Waals surface area contributed by atoms with Crippen LogP contribution in [0.1, 0.15) is 0 Å². The van der Waals surface area contributed by atoms with Gasteiger partial charge in [0.05, 0.1) is 0 Å². The lowest BCUT2D eigenvalue weighted by atomic mass is 9.81. The Labute approximate surface area is 275 Å². The average Bonchev–Trinajstić information content (AvgIpc) is 3.00. The molecule has 0 saturated carbocycles. The van der Waals surface area contributed by atoms with Crippen molar-refractivity contribution < 1.29 is 10.0 Å². The van der Waals surface area contributed by atoms with Gasteiger partial charge in [0.2, 0.25) is 0 Å². The quantitative estimate of drug-likeness (QED) is 0.104. The SMILES string of the molecule is Brc1cc2ccccc2cc1-c1ccccc1.Brc1cc2ccccc2cc1Br.CI.OB(O)c1ccccc1. The van der Waals surface area contributed by atoms with E-state index in [2.05, 4.69) is 155 Å². The molecule has 0 unspecified atom stereocenters. The molecule has 0 spiro atoms. The molecule has 6 aromatic carbocycles. The maximum Gasteiger partial charge on any atom is 0.488 e. The third-order valence-electron chi connectivity index (χ3n) is 5.81. The molecule has 40 heavy (non-hydrogen) atoms. The van der Waals surface area contributed by atoms with Gasteiger partial charge in [-0.3, -0.25) is 0 Å². The minimum atomic E-state index is -1.34. The highest BCUT2D eigenvalue weighted by Crippen LogP contribution is 2.32. The summed E-state index contributed by atoms with van der Waals surface area (Å²) < 4.78 is 3.34. The van der Waals surface area contributed by atoms with Crippen LogP contribution in [0.4, 0.5) is 0 Å². The number of hydrogen-bond donors (Lipinski definition) is 2. The van der Waals surface area contributed by atoms with Gasteiger partial charge >= 0.3 is 7.12 Å².